The van der Waals surface area contributed by atoms with Crippen LogP contribution < -0.4 is 11.5 Å². The molecule has 0 amide bonds. The van der Waals surface area contributed by atoms with Crippen LogP contribution in [0.15, 0.2) is 0 Å². The summed E-state index contributed by atoms with van der Waals surface area (Å²) < 4.78 is 11.7. The van der Waals surface area contributed by atoms with Gasteiger partial charge in [0.15, 0.2) is 0 Å². The molecule has 0 aromatic carbocycles. The molecule has 5 heteroatoms. The summed E-state index contributed by atoms with van der Waals surface area (Å²) in [7, 11) is -2.13. The predicted octanol–water partition coefficient (Wildman–Crippen LogP) is 1.55. The smallest absolute Gasteiger partial charge is 0.336 e. The van der Waals surface area contributed by atoms with Crippen LogP contribution in [0, 0.1) is 0 Å². The van der Waals surface area contributed by atoms with Crippen LogP contribution in [0.1, 0.15) is 33.6 Å². The van der Waals surface area contributed by atoms with Gasteiger partial charge >= 0.3 is 8.56 Å². The van der Waals surface area contributed by atoms with Crippen molar-refractivity contribution in [2.75, 3.05) is 13.2 Å². The van der Waals surface area contributed by atoms with Gasteiger partial charge in [-0.25, -0.2) is 0 Å². The summed E-state index contributed by atoms with van der Waals surface area (Å²) in [5.41, 5.74) is 10.9. The fraction of sp³-hybridized carbons (Fsp3) is 1.00. The lowest BCUT2D eigenvalue weighted by Crippen LogP contribution is -2.51. The molecule has 0 aromatic heterocycles. The summed E-state index contributed by atoms with van der Waals surface area (Å²) in [6, 6.07) is 0.907. The minimum Gasteiger partial charge on any atom is -0.395 e. The highest BCUT2D eigenvalue weighted by Gasteiger charge is 2.36. The van der Waals surface area contributed by atoms with Crippen LogP contribution in [0.5, 0.6) is 0 Å². The molecule has 92 valence electrons. The second-order valence-electron chi connectivity index (χ2n) is 4.23. The van der Waals surface area contributed by atoms with Gasteiger partial charge in [-0.1, -0.05) is 6.92 Å². The Hall–Kier alpha value is 0.0569. The normalized spacial score (nSPS) is 19.6. The summed E-state index contributed by atoms with van der Waals surface area (Å²) in [5, 5.41) is 0. The lowest BCUT2D eigenvalue weighted by molar-refractivity contribution is 0.0395. The van der Waals surface area contributed by atoms with Gasteiger partial charge in [0.05, 0.1) is 0 Å². The largest absolute Gasteiger partial charge is 0.395 e. The van der Waals surface area contributed by atoms with Crippen LogP contribution in [0.3, 0.4) is 0 Å². The van der Waals surface area contributed by atoms with Gasteiger partial charge in [-0.3, -0.25) is 0 Å². The minimum absolute atomic E-state index is 0.579. The molecule has 2 atom stereocenters. The van der Waals surface area contributed by atoms with Crippen LogP contribution in [0.4, 0.5) is 0 Å². The van der Waals surface area contributed by atoms with Crippen molar-refractivity contribution < 1.29 is 8.85 Å². The van der Waals surface area contributed by atoms with Gasteiger partial charge in [-0.05, 0) is 45.8 Å². The van der Waals surface area contributed by atoms with E-state index in [1.165, 1.54) is 0 Å². The Morgan fingerprint density at radius 2 is 1.93 bits per heavy atom. The molecule has 0 radical (unpaired) electrons. The van der Waals surface area contributed by atoms with Crippen molar-refractivity contribution in [2.45, 2.75) is 51.9 Å². The fourth-order valence-electron chi connectivity index (χ4n) is 1.45. The van der Waals surface area contributed by atoms with E-state index in [2.05, 4.69) is 6.55 Å². The standard InChI is InChI=1S/C10H26N2O2Si/c1-5-10(3,12)14-15(4,13-6-2)9-7-8-11/h5-9,11-12H2,1-4H3. The topological polar surface area (TPSA) is 70.5 Å². The van der Waals surface area contributed by atoms with Crippen molar-refractivity contribution in [1.29, 1.82) is 0 Å². The Balaban J connectivity index is 4.35. The van der Waals surface area contributed by atoms with E-state index >= 15 is 0 Å². The van der Waals surface area contributed by atoms with Crippen molar-refractivity contribution in [2.24, 2.45) is 11.5 Å². The summed E-state index contributed by atoms with van der Waals surface area (Å²) in [6.45, 7) is 9.31. The first-order valence-electron chi connectivity index (χ1n) is 5.72. The van der Waals surface area contributed by atoms with Gasteiger partial charge in [-0.2, -0.15) is 0 Å². The second kappa shape index (κ2) is 6.60. The molecule has 4 nitrogen and oxygen atoms in total. The van der Waals surface area contributed by atoms with Crippen LogP contribution in [-0.2, 0) is 8.85 Å². The van der Waals surface area contributed by atoms with E-state index in [9.17, 15) is 0 Å². The van der Waals surface area contributed by atoms with Crippen molar-refractivity contribution in [3.05, 3.63) is 0 Å². The van der Waals surface area contributed by atoms with Crippen molar-refractivity contribution >= 4 is 8.56 Å². The predicted molar refractivity (Wildman–Crippen MR) is 65.7 cm³/mol. The molecule has 0 heterocycles. The van der Waals surface area contributed by atoms with Gasteiger partial charge in [0.25, 0.3) is 0 Å². The zero-order valence-electron chi connectivity index (χ0n) is 10.5. The monoisotopic (exact) mass is 234 g/mol. The number of hydrogen-bond donors (Lipinski definition) is 2. The maximum Gasteiger partial charge on any atom is 0.336 e. The Kier molecular flexibility index (Phi) is 6.62. The van der Waals surface area contributed by atoms with E-state index in [-0.39, 0.29) is 0 Å². The number of nitrogens with two attached hydrogens (primary N) is 2. The van der Waals surface area contributed by atoms with Crippen LogP contribution in [0.25, 0.3) is 0 Å². The summed E-state index contributed by atoms with van der Waals surface area (Å²) in [4.78, 5) is 0. The third-order valence-electron chi connectivity index (χ3n) is 2.44. The van der Waals surface area contributed by atoms with Crippen LogP contribution in [-0.4, -0.2) is 27.4 Å². The van der Waals surface area contributed by atoms with Crippen LogP contribution in [0.2, 0.25) is 12.6 Å². The minimum atomic E-state index is -2.13. The molecule has 0 spiro atoms. The molecular weight excluding hydrogens is 208 g/mol. The van der Waals surface area contributed by atoms with E-state index in [1.807, 2.05) is 20.8 Å². The highest BCUT2D eigenvalue weighted by Crippen LogP contribution is 2.22. The Bertz CT molecular complexity index is 179. The highest BCUT2D eigenvalue weighted by molar-refractivity contribution is 6.66. The maximum absolute atomic E-state index is 6.01. The first kappa shape index (κ1) is 15.1. The van der Waals surface area contributed by atoms with E-state index in [0.717, 1.165) is 18.9 Å². The van der Waals surface area contributed by atoms with Gasteiger partial charge in [0, 0.05) is 6.61 Å². The first-order chi connectivity index (χ1) is 6.89. The molecule has 0 aliphatic rings. The lowest BCUT2D eigenvalue weighted by atomic mass is 10.2. The molecular formula is C10H26N2O2Si. The molecule has 0 aromatic rings. The molecule has 2 unspecified atom stereocenters. The zero-order chi connectivity index (χ0) is 11.9. The number of hydrogen-bond acceptors (Lipinski definition) is 4. The molecule has 0 bridgehead atoms. The quantitative estimate of drug-likeness (QED) is 0.494. The van der Waals surface area contributed by atoms with E-state index in [4.69, 9.17) is 20.3 Å². The molecule has 4 N–H and O–H groups in total. The summed E-state index contributed by atoms with van der Waals surface area (Å²) >= 11 is 0. The lowest BCUT2D eigenvalue weighted by Gasteiger charge is -2.35. The van der Waals surface area contributed by atoms with E-state index in [0.29, 0.717) is 13.2 Å². The summed E-state index contributed by atoms with van der Waals surface area (Å²) in [6.07, 6.45) is 1.72. The van der Waals surface area contributed by atoms with Gasteiger partial charge in [0.2, 0.25) is 0 Å². The SMILES string of the molecule is CCO[Si](C)(CCCN)OC(C)(N)CC. The Morgan fingerprint density at radius 3 is 2.33 bits per heavy atom. The summed E-state index contributed by atoms with van der Waals surface area (Å²) in [5.74, 6) is 0. The van der Waals surface area contributed by atoms with Crippen molar-refractivity contribution in [1.82, 2.24) is 0 Å². The Morgan fingerprint density at radius 1 is 1.33 bits per heavy atom. The van der Waals surface area contributed by atoms with Gasteiger partial charge in [-0.15, -0.1) is 0 Å². The van der Waals surface area contributed by atoms with E-state index < -0.39 is 14.3 Å². The van der Waals surface area contributed by atoms with Crippen LogP contribution >= 0.6 is 0 Å². The molecule has 0 saturated carbocycles. The highest BCUT2D eigenvalue weighted by atomic mass is 28.4. The number of rotatable bonds is 8. The third-order valence-corrected chi connectivity index (χ3v) is 5.49. The van der Waals surface area contributed by atoms with Gasteiger partial charge in [0.1, 0.15) is 5.72 Å². The first-order valence-corrected chi connectivity index (χ1v) is 8.24. The van der Waals surface area contributed by atoms with Crippen molar-refractivity contribution in [3.63, 3.8) is 0 Å². The third kappa shape index (κ3) is 6.27. The average molecular weight is 234 g/mol. The second-order valence-corrected chi connectivity index (χ2v) is 7.49. The molecule has 0 rings (SSSR count). The van der Waals surface area contributed by atoms with E-state index in [1.54, 1.807) is 0 Å². The van der Waals surface area contributed by atoms with Crippen molar-refractivity contribution in [3.8, 4) is 0 Å². The Labute approximate surface area is 94.6 Å². The molecule has 0 aliphatic carbocycles. The zero-order valence-corrected chi connectivity index (χ0v) is 11.5. The molecule has 0 aliphatic heterocycles. The average Bonchev–Trinajstić information content (AvgIpc) is 2.14. The molecule has 15 heavy (non-hydrogen) atoms. The maximum atomic E-state index is 6.01. The fourth-order valence-corrected chi connectivity index (χ4v) is 4.34. The molecule has 0 saturated heterocycles. The van der Waals surface area contributed by atoms with Gasteiger partial charge < -0.3 is 20.3 Å². The molecule has 0 fully saturated rings.